The zero-order chi connectivity index (χ0) is 9.97. The smallest absolute Gasteiger partial charge is 0.309 e. The Morgan fingerprint density at radius 3 is 3.14 bits per heavy atom. The molecule has 0 bridgehead atoms. The lowest BCUT2D eigenvalue weighted by atomic mass is 10.2. The Hall–Kier alpha value is -1.32. The number of imidazole rings is 1. The molecular formula is C10H14N2O2. The van der Waals surface area contributed by atoms with Crippen LogP contribution in [0.1, 0.15) is 30.8 Å². The van der Waals surface area contributed by atoms with E-state index in [2.05, 4.69) is 9.55 Å². The Morgan fingerprint density at radius 2 is 2.36 bits per heavy atom. The fraction of sp³-hybridized carbons (Fsp3) is 0.600. The first-order valence-corrected chi connectivity index (χ1v) is 5.02. The third-order valence-corrected chi connectivity index (χ3v) is 2.64. The Kier molecular flexibility index (Phi) is 2.52. The highest BCUT2D eigenvalue weighted by Crippen LogP contribution is 2.16. The number of hydrogen-bond donors (Lipinski definition) is 1. The molecule has 0 saturated heterocycles. The van der Waals surface area contributed by atoms with Crippen LogP contribution < -0.4 is 0 Å². The minimum absolute atomic E-state index is 0.0903. The van der Waals surface area contributed by atoms with Crippen LogP contribution in [0.2, 0.25) is 0 Å². The molecule has 1 aliphatic heterocycles. The van der Waals surface area contributed by atoms with Crippen LogP contribution in [0.3, 0.4) is 0 Å². The number of carboxylic acids is 1. The van der Waals surface area contributed by atoms with Gasteiger partial charge in [0.15, 0.2) is 0 Å². The maximum Gasteiger partial charge on any atom is 0.309 e. The van der Waals surface area contributed by atoms with E-state index < -0.39 is 5.97 Å². The summed E-state index contributed by atoms with van der Waals surface area (Å²) in [6.45, 7) is 0.929. The van der Waals surface area contributed by atoms with Gasteiger partial charge in [-0.05, 0) is 12.8 Å². The molecule has 0 unspecified atom stereocenters. The van der Waals surface area contributed by atoms with Crippen molar-refractivity contribution in [2.24, 2.45) is 0 Å². The van der Waals surface area contributed by atoms with Crippen LogP contribution in [0, 0.1) is 0 Å². The van der Waals surface area contributed by atoms with Crippen molar-refractivity contribution < 1.29 is 9.90 Å². The predicted molar refractivity (Wildman–Crippen MR) is 51.1 cm³/mol. The molecule has 76 valence electrons. The van der Waals surface area contributed by atoms with E-state index in [1.165, 1.54) is 12.8 Å². The fourth-order valence-corrected chi connectivity index (χ4v) is 1.95. The van der Waals surface area contributed by atoms with Gasteiger partial charge in [-0.25, -0.2) is 4.98 Å². The molecule has 0 radical (unpaired) electrons. The second-order valence-electron chi connectivity index (χ2n) is 3.70. The van der Waals surface area contributed by atoms with Crippen LogP contribution in [0.15, 0.2) is 6.20 Å². The summed E-state index contributed by atoms with van der Waals surface area (Å²) < 4.78 is 2.07. The summed E-state index contributed by atoms with van der Waals surface area (Å²) in [5.74, 6) is 0.274. The highest BCUT2D eigenvalue weighted by Gasteiger charge is 2.14. The average molecular weight is 194 g/mol. The molecule has 2 heterocycles. The molecule has 1 aromatic heterocycles. The summed E-state index contributed by atoms with van der Waals surface area (Å²) in [6, 6.07) is 0. The van der Waals surface area contributed by atoms with E-state index in [4.69, 9.17) is 5.11 Å². The molecule has 0 amide bonds. The van der Waals surface area contributed by atoms with Crippen LogP contribution in [0.25, 0.3) is 0 Å². The van der Waals surface area contributed by atoms with Crippen molar-refractivity contribution in [2.45, 2.75) is 38.6 Å². The molecule has 0 fully saturated rings. The van der Waals surface area contributed by atoms with Gasteiger partial charge in [0, 0.05) is 24.9 Å². The quantitative estimate of drug-likeness (QED) is 0.770. The van der Waals surface area contributed by atoms with Crippen molar-refractivity contribution in [1.82, 2.24) is 9.55 Å². The van der Waals surface area contributed by atoms with E-state index in [0.717, 1.165) is 30.9 Å². The van der Waals surface area contributed by atoms with Gasteiger partial charge in [-0.3, -0.25) is 4.79 Å². The van der Waals surface area contributed by atoms with Crippen LogP contribution in [0.4, 0.5) is 0 Å². The van der Waals surface area contributed by atoms with Crippen molar-refractivity contribution in [3.63, 3.8) is 0 Å². The topological polar surface area (TPSA) is 55.1 Å². The van der Waals surface area contributed by atoms with E-state index in [9.17, 15) is 4.79 Å². The number of carboxylic acid groups (broad SMARTS) is 1. The van der Waals surface area contributed by atoms with Gasteiger partial charge in [-0.1, -0.05) is 6.42 Å². The number of hydrogen-bond acceptors (Lipinski definition) is 2. The summed E-state index contributed by atoms with van der Waals surface area (Å²) in [7, 11) is 0. The van der Waals surface area contributed by atoms with Gasteiger partial charge in [-0.15, -0.1) is 0 Å². The van der Waals surface area contributed by atoms with Gasteiger partial charge in [0.2, 0.25) is 0 Å². The average Bonchev–Trinajstić information content (AvgIpc) is 2.37. The monoisotopic (exact) mass is 194 g/mol. The molecular weight excluding hydrogens is 180 g/mol. The van der Waals surface area contributed by atoms with Crippen molar-refractivity contribution in [3.05, 3.63) is 17.7 Å². The van der Waals surface area contributed by atoms with Gasteiger partial charge < -0.3 is 9.67 Å². The Balaban J connectivity index is 2.24. The van der Waals surface area contributed by atoms with Gasteiger partial charge in [-0.2, -0.15) is 0 Å². The second-order valence-corrected chi connectivity index (χ2v) is 3.70. The highest BCUT2D eigenvalue weighted by atomic mass is 16.4. The van der Waals surface area contributed by atoms with E-state index in [1.807, 2.05) is 0 Å². The van der Waals surface area contributed by atoms with Crippen molar-refractivity contribution in [1.29, 1.82) is 0 Å². The van der Waals surface area contributed by atoms with E-state index in [-0.39, 0.29) is 6.42 Å². The Labute approximate surface area is 82.6 Å². The van der Waals surface area contributed by atoms with Crippen LogP contribution in [0.5, 0.6) is 0 Å². The van der Waals surface area contributed by atoms with E-state index in [0.29, 0.717) is 0 Å². The fourth-order valence-electron chi connectivity index (χ4n) is 1.95. The summed E-state index contributed by atoms with van der Waals surface area (Å²) in [6.07, 6.45) is 6.30. The molecule has 1 N–H and O–H groups in total. The molecule has 4 heteroatoms. The largest absolute Gasteiger partial charge is 0.481 e. The molecule has 2 rings (SSSR count). The first kappa shape index (κ1) is 9.24. The summed E-state index contributed by atoms with van der Waals surface area (Å²) in [5, 5.41) is 8.72. The molecule has 14 heavy (non-hydrogen) atoms. The van der Waals surface area contributed by atoms with Gasteiger partial charge in [0.25, 0.3) is 0 Å². The van der Waals surface area contributed by atoms with Gasteiger partial charge in [0.1, 0.15) is 5.82 Å². The van der Waals surface area contributed by atoms with E-state index in [1.54, 1.807) is 6.20 Å². The highest BCUT2D eigenvalue weighted by molar-refractivity contribution is 5.69. The molecule has 4 nitrogen and oxygen atoms in total. The number of carbonyl (C=O) groups is 1. The minimum atomic E-state index is -0.781. The summed E-state index contributed by atoms with van der Waals surface area (Å²) in [5.41, 5.74) is 0.842. The lowest BCUT2D eigenvalue weighted by Gasteiger charge is -2.06. The molecule has 1 aromatic rings. The summed E-state index contributed by atoms with van der Waals surface area (Å²) in [4.78, 5) is 14.9. The lowest BCUT2D eigenvalue weighted by molar-refractivity contribution is -0.136. The van der Waals surface area contributed by atoms with Crippen molar-refractivity contribution >= 4 is 5.97 Å². The number of aryl methyl sites for hydroxylation is 1. The standard InChI is InChI=1S/C10H14N2O2/c13-10(14)6-8-7-11-9-4-2-1-3-5-12(8)9/h7H,1-6H2,(H,13,14). The molecule has 1 aliphatic rings. The van der Waals surface area contributed by atoms with Crippen LogP contribution in [-0.2, 0) is 24.2 Å². The third-order valence-electron chi connectivity index (χ3n) is 2.64. The lowest BCUT2D eigenvalue weighted by Crippen LogP contribution is -2.09. The number of nitrogens with zero attached hydrogens (tertiary/aromatic N) is 2. The predicted octanol–water partition coefficient (Wildman–Crippen LogP) is 1.24. The first-order chi connectivity index (χ1) is 6.77. The van der Waals surface area contributed by atoms with Crippen LogP contribution in [-0.4, -0.2) is 20.6 Å². The van der Waals surface area contributed by atoms with Gasteiger partial charge in [0.05, 0.1) is 6.42 Å². The maximum absolute atomic E-state index is 10.6. The zero-order valence-corrected chi connectivity index (χ0v) is 8.07. The molecule has 0 aliphatic carbocycles. The Morgan fingerprint density at radius 1 is 1.50 bits per heavy atom. The molecule has 0 atom stereocenters. The van der Waals surface area contributed by atoms with Crippen LogP contribution >= 0.6 is 0 Å². The Bertz CT molecular complexity index is 344. The molecule has 0 saturated carbocycles. The number of aromatic nitrogens is 2. The number of aliphatic carboxylic acids is 1. The summed E-state index contributed by atoms with van der Waals surface area (Å²) >= 11 is 0. The zero-order valence-electron chi connectivity index (χ0n) is 8.07. The molecule has 0 aromatic carbocycles. The minimum Gasteiger partial charge on any atom is -0.481 e. The second kappa shape index (κ2) is 3.82. The van der Waals surface area contributed by atoms with Crippen molar-refractivity contribution in [2.75, 3.05) is 0 Å². The first-order valence-electron chi connectivity index (χ1n) is 5.02. The number of fused-ring (bicyclic) bond motifs is 1. The molecule has 0 spiro atoms. The third kappa shape index (κ3) is 1.78. The maximum atomic E-state index is 10.6. The number of rotatable bonds is 2. The normalized spacial score (nSPS) is 16.0. The SMILES string of the molecule is O=C(O)Cc1cnc2n1CCCCC2. The van der Waals surface area contributed by atoms with E-state index >= 15 is 0 Å². The van der Waals surface area contributed by atoms with Gasteiger partial charge >= 0.3 is 5.97 Å². The van der Waals surface area contributed by atoms with Crippen molar-refractivity contribution in [3.8, 4) is 0 Å².